The molecule has 2 aromatic carbocycles. The highest BCUT2D eigenvalue weighted by molar-refractivity contribution is 5.94. The molecule has 0 spiro atoms. The van der Waals surface area contributed by atoms with Crippen molar-refractivity contribution in [2.45, 2.75) is 32.8 Å². The molecule has 2 rings (SSSR count). The van der Waals surface area contributed by atoms with Crippen molar-refractivity contribution < 1.29 is 19.0 Å². The van der Waals surface area contributed by atoms with E-state index in [0.717, 1.165) is 18.6 Å². The minimum atomic E-state index is -0.119. The van der Waals surface area contributed by atoms with Gasteiger partial charge in [0.25, 0.3) is 5.91 Å². The van der Waals surface area contributed by atoms with Crippen molar-refractivity contribution in [2.24, 2.45) is 0 Å². The first-order chi connectivity index (χ1) is 12.5. The third-order valence-electron chi connectivity index (χ3n) is 3.87. The highest BCUT2D eigenvalue weighted by Crippen LogP contribution is 2.27. The molecule has 0 radical (unpaired) electrons. The van der Waals surface area contributed by atoms with Crippen molar-refractivity contribution in [3.05, 3.63) is 53.6 Å². The zero-order chi connectivity index (χ0) is 18.9. The Labute approximate surface area is 155 Å². The number of benzene rings is 2. The molecule has 0 heterocycles. The van der Waals surface area contributed by atoms with Gasteiger partial charge < -0.3 is 19.5 Å². The number of rotatable bonds is 9. The first-order valence-corrected chi connectivity index (χ1v) is 8.79. The van der Waals surface area contributed by atoms with Gasteiger partial charge in [-0.05, 0) is 62.6 Å². The highest BCUT2D eigenvalue weighted by Gasteiger charge is 2.10. The Balaban J connectivity index is 1.79. The maximum Gasteiger partial charge on any atom is 0.251 e. The fourth-order valence-corrected chi connectivity index (χ4v) is 2.58. The first kappa shape index (κ1) is 19.6. The lowest BCUT2D eigenvalue weighted by molar-refractivity contribution is 0.0953. The lowest BCUT2D eigenvalue weighted by Crippen LogP contribution is -2.24. The van der Waals surface area contributed by atoms with Gasteiger partial charge in [-0.2, -0.15) is 0 Å². The molecule has 0 unspecified atom stereocenters. The molecule has 0 bridgehead atoms. The largest absolute Gasteiger partial charge is 0.493 e. The average Bonchev–Trinajstić information content (AvgIpc) is 2.65. The van der Waals surface area contributed by atoms with Crippen LogP contribution >= 0.6 is 0 Å². The number of nitrogens with one attached hydrogen (secondary N) is 1. The van der Waals surface area contributed by atoms with Crippen molar-refractivity contribution in [2.75, 3.05) is 20.8 Å². The number of hydrogen-bond donors (Lipinski definition) is 1. The first-order valence-electron chi connectivity index (χ1n) is 8.79. The molecule has 5 nitrogen and oxygen atoms in total. The normalized spacial score (nSPS) is 10.5. The molecule has 140 valence electrons. The van der Waals surface area contributed by atoms with Crippen LogP contribution in [0.4, 0.5) is 0 Å². The Morgan fingerprint density at radius 1 is 1.00 bits per heavy atom. The van der Waals surface area contributed by atoms with Crippen LogP contribution in [0, 0.1) is 0 Å². The number of amides is 1. The SMILES string of the molecule is COc1ccc(C(=O)NCCCc2ccc(OC(C)C)cc2)cc1OC. The summed E-state index contributed by atoms with van der Waals surface area (Å²) >= 11 is 0. The minimum absolute atomic E-state index is 0.119. The van der Waals surface area contributed by atoms with Gasteiger partial charge in [-0.1, -0.05) is 12.1 Å². The Kier molecular flexibility index (Phi) is 7.33. The quantitative estimate of drug-likeness (QED) is 0.693. The highest BCUT2D eigenvalue weighted by atomic mass is 16.5. The van der Waals surface area contributed by atoms with Gasteiger partial charge in [0.05, 0.1) is 20.3 Å². The van der Waals surface area contributed by atoms with E-state index in [-0.39, 0.29) is 12.0 Å². The van der Waals surface area contributed by atoms with E-state index in [2.05, 4.69) is 17.4 Å². The summed E-state index contributed by atoms with van der Waals surface area (Å²) in [5.41, 5.74) is 1.78. The lowest BCUT2D eigenvalue weighted by atomic mass is 10.1. The van der Waals surface area contributed by atoms with E-state index in [1.165, 1.54) is 5.56 Å². The van der Waals surface area contributed by atoms with Crippen molar-refractivity contribution in [3.63, 3.8) is 0 Å². The summed E-state index contributed by atoms with van der Waals surface area (Å²) < 4.78 is 16.0. The molecule has 0 saturated heterocycles. The van der Waals surface area contributed by atoms with Crippen LogP contribution in [-0.2, 0) is 6.42 Å². The van der Waals surface area contributed by atoms with Crippen LogP contribution < -0.4 is 19.5 Å². The van der Waals surface area contributed by atoms with Crippen LogP contribution in [0.1, 0.15) is 36.2 Å². The third-order valence-corrected chi connectivity index (χ3v) is 3.87. The number of hydrogen-bond acceptors (Lipinski definition) is 4. The zero-order valence-electron chi connectivity index (χ0n) is 15.9. The lowest BCUT2D eigenvalue weighted by Gasteiger charge is -2.11. The molecule has 0 atom stereocenters. The average molecular weight is 357 g/mol. The predicted molar refractivity (Wildman–Crippen MR) is 102 cm³/mol. The molecule has 0 saturated carbocycles. The molecular weight excluding hydrogens is 330 g/mol. The molecule has 26 heavy (non-hydrogen) atoms. The molecule has 5 heteroatoms. The minimum Gasteiger partial charge on any atom is -0.493 e. The summed E-state index contributed by atoms with van der Waals surface area (Å²) in [5.74, 6) is 1.91. The van der Waals surface area contributed by atoms with Crippen molar-refractivity contribution in [3.8, 4) is 17.2 Å². The van der Waals surface area contributed by atoms with Crippen LogP contribution in [0.5, 0.6) is 17.2 Å². The number of carbonyl (C=O) groups excluding carboxylic acids is 1. The molecule has 0 aliphatic heterocycles. The van der Waals surface area contributed by atoms with Crippen LogP contribution in [0.15, 0.2) is 42.5 Å². The van der Waals surface area contributed by atoms with E-state index >= 15 is 0 Å². The van der Waals surface area contributed by atoms with Crippen LogP contribution in [0.25, 0.3) is 0 Å². The van der Waals surface area contributed by atoms with Gasteiger partial charge in [0.15, 0.2) is 11.5 Å². The van der Waals surface area contributed by atoms with Crippen molar-refractivity contribution >= 4 is 5.91 Å². The fraction of sp³-hybridized carbons (Fsp3) is 0.381. The smallest absolute Gasteiger partial charge is 0.251 e. The van der Waals surface area contributed by atoms with Gasteiger partial charge in [-0.15, -0.1) is 0 Å². The molecular formula is C21H27NO4. The Morgan fingerprint density at radius 3 is 2.31 bits per heavy atom. The molecule has 1 amide bonds. The van der Waals surface area contributed by atoms with E-state index in [0.29, 0.717) is 23.6 Å². The van der Waals surface area contributed by atoms with E-state index < -0.39 is 0 Å². The standard InChI is InChI=1S/C21H27NO4/c1-15(2)26-18-10-7-16(8-11-18)6-5-13-22-21(23)17-9-12-19(24-3)20(14-17)25-4/h7-12,14-15H,5-6,13H2,1-4H3,(H,22,23). The van der Waals surface area contributed by atoms with E-state index in [1.54, 1.807) is 32.4 Å². The topological polar surface area (TPSA) is 56.8 Å². The van der Waals surface area contributed by atoms with Crippen LogP contribution in [0.2, 0.25) is 0 Å². The summed E-state index contributed by atoms with van der Waals surface area (Å²) in [5, 5.41) is 2.94. The third kappa shape index (κ3) is 5.69. The monoisotopic (exact) mass is 357 g/mol. The molecule has 0 aromatic heterocycles. The maximum absolute atomic E-state index is 12.2. The van der Waals surface area contributed by atoms with Gasteiger partial charge in [0.2, 0.25) is 0 Å². The number of aryl methyl sites for hydroxylation is 1. The van der Waals surface area contributed by atoms with E-state index in [4.69, 9.17) is 14.2 Å². The fourth-order valence-electron chi connectivity index (χ4n) is 2.58. The number of ether oxygens (including phenoxy) is 3. The van der Waals surface area contributed by atoms with Gasteiger partial charge in [-0.25, -0.2) is 0 Å². The second-order valence-corrected chi connectivity index (χ2v) is 6.24. The maximum atomic E-state index is 12.2. The Bertz CT molecular complexity index is 710. The number of carbonyl (C=O) groups is 1. The number of methoxy groups -OCH3 is 2. The molecule has 2 aromatic rings. The van der Waals surface area contributed by atoms with Crippen LogP contribution in [0.3, 0.4) is 0 Å². The summed E-state index contributed by atoms with van der Waals surface area (Å²) in [6, 6.07) is 13.2. The molecule has 0 aliphatic rings. The zero-order valence-corrected chi connectivity index (χ0v) is 15.9. The molecule has 1 N–H and O–H groups in total. The second kappa shape index (κ2) is 9.70. The van der Waals surface area contributed by atoms with Gasteiger partial charge >= 0.3 is 0 Å². The Hall–Kier alpha value is -2.69. The van der Waals surface area contributed by atoms with Crippen molar-refractivity contribution in [1.82, 2.24) is 5.32 Å². The van der Waals surface area contributed by atoms with E-state index in [9.17, 15) is 4.79 Å². The van der Waals surface area contributed by atoms with Gasteiger partial charge in [0, 0.05) is 12.1 Å². The summed E-state index contributed by atoms with van der Waals surface area (Å²) in [4.78, 5) is 12.2. The van der Waals surface area contributed by atoms with Crippen LogP contribution in [-0.4, -0.2) is 32.8 Å². The summed E-state index contributed by atoms with van der Waals surface area (Å²) in [7, 11) is 3.12. The predicted octanol–water partition coefficient (Wildman–Crippen LogP) is 3.85. The second-order valence-electron chi connectivity index (χ2n) is 6.24. The van der Waals surface area contributed by atoms with Crippen molar-refractivity contribution in [1.29, 1.82) is 0 Å². The summed E-state index contributed by atoms with van der Waals surface area (Å²) in [6.45, 7) is 4.63. The Morgan fingerprint density at radius 2 is 1.69 bits per heavy atom. The van der Waals surface area contributed by atoms with Gasteiger partial charge in [-0.3, -0.25) is 4.79 Å². The molecule has 0 fully saturated rings. The van der Waals surface area contributed by atoms with Gasteiger partial charge in [0.1, 0.15) is 5.75 Å². The summed E-state index contributed by atoms with van der Waals surface area (Å²) in [6.07, 6.45) is 1.94. The molecule has 0 aliphatic carbocycles. The van der Waals surface area contributed by atoms with E-state index in [1.807, 2.05) is 26.0 Å².